The largest absolute Gasteiger partial charge is 0.468 e. The highest BCUT2D eigenvalue weighted by Crippen LogP contribution is 2.17. The lowest BCUT2D eigenvalue weighted by Gasteiger charge is -2.16. The Hall–Kier alpha value is -0.880. The molecule has 0 aromatic carbocycles. The van der Waals surface area contributed by atoms with Gasteiger partial charge in [-0.2, -0.15) is 0 Å². The third-order valence-electron chi connectivity index (χ3n) is 2.30. The Labute approximate surface area is 101 Å². The highest BCUT2D eigenvalue weighted by atomic mass is 35.5. The molecule has 6 nitrogen and oxygen atoms in total. The predicted octanol–water partition coefficient (Wildman–Crippen LogP) is 1.13. The fourth-order valence-electron chi connectivity index (χ4n) is 1.12. The Morgan fingerprint density at radius 1 is 1.56 bits per heavy atom. The monoisotopic (exact) mass is 254 g/mol. The summed E-state index contributed by atoms with van der Waals surface area (Å²) in [5.41, 5.74) is 4.53. The smallest absolute Gasteiger partial charge is 0.322 e. The second-order valence-electron chi connectivity index (χ2n) is 4.09. The number of carbonyl (C=O) groups excluding carboxylic acids is 1. The zero-order valence-electron chi connectivity index (χ0n) is 9.76. The van der Waals surface area contributed by atoms with Crippen molar-refractivity contribution < 1.29 is 14.5 Å². The van der Waals surface area contributed by atoms with Crippen LogP contribution in [0.2, 0.25) is 0 Å². The van der Waals surface area contributed by atoms with Crippen molar-refractivity contribution in [3.63, 3.8) is 0 Å². The van der Waals surface area contributed by atoms with E-state index in [0.29, 0.717) is 19.3 Å². The van der Waals surface area contributed by atoms with Gasteiger partial charge in [-0.05, 0) is 12.8 Å². The molecule has 0 unspecified atom stereocenters. The summed E-state index contributed by atoms with van der Waals surface area (Å²) < 4.78 is 4.44. The molecule has 0 saturated carbocycles. The van der Waals surface area contributed by atoms with E-state index in [9.17, 15) is 14.9 Å². The molecular weight excluding hydrogens is 236 g/mol. The summed E-state index contributed by atoms with van der Waals surface area (Å²) in [6.45, 7) is 3.10. The lowest BCUT2D eigenvalue weighted by molar-refractivity contribution is -0.561. The molecule has 0 fully saturated rings. The molecule has 0 saturated heterocycles. The van der Waals surface area contributed by atoms with Crippen molar-refractivity contribution in [3.8, 4) is 0 Å². The molecule has 0 bridgehead atoms. The number of nitrogens with zero attached hydrogens (tertiary/aromatic N) is 1. The van der Waals surface area contributed by atoms with Crippen LogP contribution >= 0.6 is 12.4 Å². The molecule has 0 radical (unpaired) electrons. The molecule has 96 valence electrons. The van der Waals surface area contributed by atoms with E-state index in [1.54, 1.807) is 13.8 Å². The summed E-state index contributed by atoms with van der Waals surface area (Å²) in [6.07, 6.45) is 1.33. The van der Waals surface area contributed by atoms with Crippen LogP contribution in [0, 0.1) is 10.1 Å². The average Bonchev–Trinajstić information content (AvgIpc) is 2.15. The fraction of sp³-hybridized carbons (Fsp3) is 0.889. The Balaban J connectivity index is 0. The second-order valence-corrected chi connectivity index (χ2v) is 4.09. The topological polar surface area (TPSA) is 95.5 Å². The molecule has 16 heavy (non-hydrogen) atoms. The van der Waals surface area contributed by atoms with Gasteiger partial charge in [0.05, 0.1) is 7.11 Å². The average molecular weight is 255 g/mol. The van der Waals surface area contributed by atoms with Crippen LogP contribution in [0.1, 0.15) is 33.1 Å². The van der Waals surface area contributed by atoms with Gasteiger partial charge in [0, 0.05) is 25.2 Å². The molecule has 0 amide bonds. The number of methoxy groups -OCH3 is 1. The van der Waals surface area contributed by atoms with E-state index in [4.69, 9.17) is 5.73 Å². The van der Waals surface area contributed by atoms with Crippen molar-refractivity contribution in [3.05, 3.63) is 10.1 Å². The van der Waals surface area contributed by atoms with E-state index in [2.05, 4.69) is 4.74 Å². The number of ether oxygens (including phenoxy) is 1. The van der Waals surface area contributed by atoms with Gasteiger partial charge in [-0.15, -0.1) is 12.4 Å². The van der Waals surface area contributed by atoms with Gasteiger partial charge < -0.3 is 10.5 Å². The van der Waals surface area contributed by atoms with Gasteiger partial charge in [0.1, 0.15) is 6.04 Å². The summed E-state index contributed by atoms with van der Waals surface area (Å²) in [6, 6.07) is -0.683. The van der Waals surface area contributed by atoms with Crippen molar-refractivity contribution in [1.82, 2.24) is 0 Å². The van der Waals surface area contributed by atoms with E-state index in [0.717, 1.165) is 0 Å². The van der Waals surface area contributed by atoms with E-state index in [1.807, 2.05) is 0 Å². The van der Waals surface area contributed by atoms with Crippen molar-refractivity contribution in [2.45, 2.75) is 44.7 Å². The van der Waals surface area contributed by atoms with Gasteiger partial charge in [0.15, 0.2) is 0 Å². The summed E-state index contributed by atoms with van der Waals surface area (Å²) in [5.74, 6) is -0.478. The van der Waals surface area contributed by atoms with Crippen LogP contribution in [0.3, 0.4) is 0 Å². The number of hydrogen-bond donors (Lipinski definition) is 1. The molecule has 0 aliphatic rings. The van der Waals surface area contributed by atoms with Gasteiger partial charge in [-0.25, -0.2) is 0 Å². The Morgan fingerprint density at radius 3 is 2.44 bits per heavy atom. The van der Waals surface area contributed by atoms with E-state index < -0.39 is 17.6 Å². The SMILES string of the molecule is COC(=O)[C@@H](N)CCCC(C)(C)[N+](=O)[O-].Cl. The predicted molar refractivity (Wildman–Crippen MR) is 62.2 cm³/mol. The maximum Gasteiger partial charge on any atom is 0.322 e. The molecule has 0 aromatic heterocycles. The van der Waals surface area contributed by atoms with Gasteiger partial charge in [-0.3, -0.25) is 14.9 Å². The first-order valence-electron chi connectivity index (χ1n) is 4.79. The zero-order chi connectivity index (χ0) is 12.1. The van der Waals surface area contributed by atoms with Crippen LogP contribution < -0.4 is 5.73 Å². The number of hydrogen-bond acceptors (Lipinski definition) is 5. The number of nitro groups is 1. The number of carbonyl (C=O) groups is 1. The van der Waals surface area contributed by atoms with Crippen LogP contribution in [-0.4, -0.2) is 29.6 Å². The van der Waals surface area contributed by atoms with Crippen LogP contribution in [0.5, 0.6) is 0 Å². The molecule has 0 heterocycles. The third kappa shape index (κ3) is 5.87. The van der Waals surface area contributed by atoms with Crippen LogP contribution in [-0.2, 0) is 9.53 Å². The van der Waals surface area contributed by atoms with Crippen molar-refractivity contribution in [2.24, 2.45) is 5.73 Å². The summed E-state index contributed by atoms with van der Waals surface area (Å²) in [4.78, 5) is 21.2. The molecule has 0 spiro atoms. The lowest BCUT2D eigenvalue weighted by atomic mass is 9.97. The van der Waals surface area contributed by atoms with E-state index >= 15 is 0 Å². The molecular formula is C9H19ClN2O4. The molecule has 0 aliphatic heterocycles. The van der Waals surface area contributed by atoms with Gasteiger partial charge in [0.25, 0.3) is 0 Å². The first kappa shape index (κ1) is 17.5. The molecule has 7 heteroatoms. The van der Waals surface area contributed by atoms with E-state index in [1.165, 1.54) is 7.11 Å². The molecule has 0 aliphatic carbocycles. The van der Waals surface area contributed by atoms with E-state index in [-0.39, 0.29) is 17.3 Å². The van der Waals surface area contributed by atoms with Crippen molar-refractivity contribution in [2.75, 3.05) is 7.11 Å². The van der Waals surface area contributed by atoms with Gasteiger partial charge >= 0.3 is 5.97 Å². The van der Waals surface area contributed by atoms with Crippen molar-refractivity contribution in [1.29, 1.82) is 0 Å². The Morgan fingerprint density at radius 2 is 2.06 bits per heavy atom. The normalized spacial score (nSPS) is 12.5. The molecule has 2 N–H and O–H groups in total. The Kier molecular flexibility index (Phi) is 8.10. The summed E-state index contributed by atoms with van der Waals surface area (Å²) in [5, 5.41) is 10.6. The lowest BCUT2D eigenvalue weighted by Crippen LogP contribution is -2.34. The molecule has 0 aromatic rings. The Bertz CT molecular complexity index is 246. The summed E-state index contributed by atoms with van der Waals surface area (Å²) in [7, 11) is 1.27. The highest BCUT2D eigenvalue weighted by molar-refractivity contribution is 5.85. The first-order valence-corrected chi connectivity index (χ1v) is 4.79. The number of rotatable bonds is 6. The van der Waals surface area contributed by atoms with Gasteiger partial charge in [-0.1, -0.05) is 0 Å². The second kappa shape index (κ2) is 7.40. The minimum absolute atomic E-state index is 0. The van der Waals surface area contributed by atoms with Crippen LogP contribution in [0.25, 0.3) is 0 Å². The number of esters is 1. The quantitative estimate of drug-likeness (QED) is 0.436. The molecule has 1 atom stereocenters. The standard InChI is InChI=1S/C9H18N2O4.ClH/c1-9(2,11(13)14)6-4-5-7(10)8(12)15-3;/h7H,4-6,10H2,1-3H3;1H/t7-;/m0./s1. The number of nitrogens with two attached hydrogens (primary N) is 1. The maximum absolute atomic E-state index is 10.9. The maximum atomic E-state index is 10.9. The van der Waals surface area contributed by atoms with Gasteiger partial charge in [0.2, 0.25) is 5.54 Å². The molecule has 0 rings (SSSR count). The third-order valence-corrected chi connectivity index (χ3v) is 2.30. The summed E-state index contributed by atoms with van der Waals surface area (Å²) >= 11 is 0. The fourth-order valence-corrected chi connectivity index (χ4v) is 1.12. The highest BCUT2D eigenvalue weighted by Gasteiger charge is 2.30. The van der Waals surface area contributed by atoms with Crippen LogP contribution in [0.4, 0.5) is 0 Å². The minimum atomic E-state index is -0.962. The zero-order valence-corrected chi connectivity index (χ0v) is 10.6. The first-order chi connectivity index (χ1) is 6.81. The van der Waals surface area contributed by atoms with Crippen molar-refractivity contribution >= 4 is 18.4 Å². The van der Waals surface area contributed by atoms with Crippen LogP contribution in [0.15, 0.2) is 0 Å². The minimum Gasteiger partial charge on any atom is -0.468 e. The number of halogens is 1.